The Morgan fingerprint density at radius 2 is 1.85 bits per heavy atom. The standard InChI is InChI=1S/C24H34O3/c1-14-11-19-18-8-7-16-12-17(26)9-10-21(16,3)24(18,6)20(27)13-22(19,4)23(14,5)15(2)25/h9-10,12,14,18-20,27H,7-8,11,13H2,1-6H3/t14?,18?,19?,20?,21?,22?,23-,24-/m1/s1. The van der Waals surface area contributed by atoms with E-state index in [1.807, 2.05) is 0 Å². The van der Waals surface area contributed by atoms with Crippen LogP contribution in [-0.2, 0) is 9.59 Å². The van der Waals surface area contributed by atoms with Gasteiger partial charge in [0.1, 0.15) is 5.78 Å². The first-order valence-corrected chi connectivity index (χ1v) is 10.6. The van der Waals surface area contributed by atoms with Crippen LogP contribution in [0.15, 0.2) is 23.8 Å². The van der Waals surface area contributed by atoms with Crippen molar-refractivity contribution in [3.8, 4) is 0 Å². The average molecular weight is 371 g/mol. The van der Waals surface area contributed by atoms with E-state index in [1.54, 1.807) is 19.1 Å². The molecule has 148 valence electrons. The molecule has 0 aliphatic heterocycles. The third-order valence-electron chi connectivity index (χ3n) is 10.3. The molecule has 6 unspecified atom stereocenters. The van der Waals surface area contributed by atoms with E-state index in [0.717, 1.165) is 19.3 Å². The summed E-state index contributed by atoms with van der Waals surface area (Å²) in [7, 11) is 0. The van der Waals surface area contributed by atoms with Crippen molar-refractivity contribution in [2.45, 2.75) is 73.3 Å². The van der Waals surface area contributed by atoms with Crippen molar-refractivity contribution in [2.24, 2.45) is 39.4 Å². The highest BCUT2D eigenvalue weighted by molar-refractivity contribution is 6.01. The third-order valence-corrected chi connectivity index (χ3v) is 10.3. The zero-order chi connectivity index (χ0) is 20.0. The highest BCUT2D eigenvalue weighted by atomic mass is 16.3. The molecule has 0 amide bonds. The van der Waals surface area contributed by atoms with Crippen LogP contribution in [-0.4, -0.2) is 22.8 Å². The van der Waals surface area contributed by atoms with Crippen molar-refractivity contribution >= 4 is 11.6 Å². The Kier molecular flexibility index (Phi) is 3.85. The summed E-state index contributed by atoms with van der Waals surface area (Å²) in [5.41, 5.74) is 0.0310. The zero-order valence-corrected chi connectivity index (χ0v) is 17.6. The molecule has 4 rings (SSSR count). The summed E-state index contributed by atoms with van der Waals surface area (Å²) in [5.74, 6) is 1.45. The van der Waals surface area contributed by atoms with Gasteiger partial charge in [-0.2, -0.15) is 0 Å². The minimum Gasteiger partial charge on any atom is -0.392 e. The number of carbonyl (C=O) groups is 2. The lowest BCUT2D eigenvalue weighted by molar-refractivity contribution is -0.189. The van der Waals surface area contributed by atoms with E-state index < -0.39 is 6.10 Å². The van der Waals surface area contributed by atoms with Gasteiger partial charge in [0.2, 0.25) is 0 Å². The minimum absolute atomic E-state index is 0.0679. The molecule has 0 bridgehead atoms. The smallest absolute Gasteiger partial charge is 0.178 e. The lowest BCUT2D eigenvalue weighted by Crippen LogP contribution is -2.64. The van der Waals surface area contributed by atoms with Crippen LogP contribution in [0.5, 0.6) is 0 Å². The molecule has 0 aromatic heterocycles. The molecule has 8 atom stereocenters. The summed E-state index contributed by atoms with van der Waals surface area (Å²) in [4.78, 5) is 24.8. The fraction of sp³-hybridized carbons (Fsp3) is 0.750. The second-order valence-corrected chi connectivity index (χ2v) is 10.7. The van der Waals surface area contributed by atoms with E-state index in [0.29, 0.717) is 24.2 Å². The predicted molar refractivity (Wildman–Crippen MR) is 106 cm³/mol. The lowest BCUT2D eigenvalue weighted by Gasteiger charge is -2.66. The maximum absolute atomic E-state index is 12.8. The van der Waals surface area contributed by atoms with Gasteiger partial charge in [0, 0.05) is 16.2 Å². The minimum atomic E-state index is -0.487. The van der Waals surface area contributed by atoms with E-state index in [9.17, 15) is 14.7 Å². The van der Waals surface area contributed by atoms with Crippen molar-refractivity contribution in [1.29, 1.82) is 0 Å². The summed E-state index contributed by atoms with van der Waals surface area (Å²) in [6.07, 6.45) is 8.69. The Balaban J connectivity index is 1.85. The van der Waals surface area contributed by atoms with Gasteiger partial charge >= 0.3 is 0 Å². The fourth-order valence-corrected chi connectivity index (χ4v) is 7.95. The summed E-state index contributed by atoms with van der Waals surface area (Å²) >= 11 is 0. The van der Waals surface area contributed by atoms with E-state index in [-0.39, 0.29) is 33.2 Å². The molecule has 0 saturated heterocycles. The first-order valence-electron chi connectivity index (χ1n) is 10.6. The molecule has 3 heteroatoms. The van der Waals surface area contributed by atoms with Gasteiger partial charge in [0.15, 0.2) is 5.78 Å². The first kappa shape index (κ1) is 19.1. The van der Waals surface area contributed by atoms with Gasteiger partial charge in [0.25, 0.3) is 0 Å². The molecule has 0 aromatic carbocycles. The van der Waals surface area contributed by atoms with Gasteiger partial charge in [-0.25, -0.2) is 0 Å². The van der Waals surface area contributed by atoms with Gasteiger partial charge < -0.3 is 5.11 Å². The number of aliphatic hydroxyl groups is 1. The number of hydrogen-bond acceptors (Lipinski definition) is 3. The zero-order valence-electron chi connectivity index (χ0n) is 17.6. The van der Waals surface area contributed by atoms with Gasteiger partial charge in [-0.3, -0.25) is 9.59 Å². The van der Waals surface area contributed by atoms with E-state index in [1.165, 1.54) is 5.57 Å². The average Bonchev–Trinajstić information content (AvgIpc) is 2.79. The van der Waals surface area contributed by atoms with Crippen LogP contribution in [0, 0.1) is 39.4 Å². The number of Topliss-reactive ketones (excluding diaryl/α,β-unsaturated/α-hetero) is 1. The summed E-state index contributed by atoms with van der Waals surface area (Å²) in [5, 5.41) is 11.6. The quantitative estimate of drug-likeness (QED) is 0.739. The van der Waals surface area contributed by atoms with E-state index in [2.05, 4.69) is 40.7 Å². The monoisotopic (exact) mass is 370 g/mol. The Morgan fingerprint density at radius 3 is 2.48 bits per heavy atom. The van der Waals surface area contributed by atoms with E-state index in [4.69, 9.17) is 0 Å². The number of rotatable bonds is 1. The Labute approximate surface area is 163 Å². The molecule has 0 aromatic rings. The van der Waals surface area contributed by atoms with Gasteiger partial charge in [-0.15, -0.1) is 0 Å². The summed E-state index contributed by atoms with van der Waals surface area (Å²) < 4.78 is 0. The van der Waals surface area contributed by atoms with Crippen LogP contribution in [0.2, 0.25) is 0 Å². The Hall–Kier alpha value is -1.22. The third kappa shape index (κ3) is 1.97. The molecule has 3 fully saturated rings. The van der Waals surface area contributed by atoms with Crippen molar-refractivity contribution in [3.05, 3.63) is 23.8 Å². The lowest BCUT2D eigenvalue weighted by atomic mass is 9.39. The van der Waals surface area contributed by atoms with Gasteiger partial charge in [-0.1, -0.05) is 46.3 Å². The highest BCUT2D eigenvalue weighted by Gasteiger charge is 2.71. The maximum Gasteiger partial charge on any atom is 0.178 e. The number of carbonyl (C=O) groups excluding carboxylic acids is 2. The van der Waals surface area contributed by atoms with Crippen molar-refractivity contribution in [1.82, 2.24) is 0 Å². The van der Waals surface area contributed by atoms with Crippen LogP contribution in [0.25, 0.3) is 0 Å². The fourth-order valence-electron chi connectivity index (χ4n) is 7.95. The molecule has 3 nitrogen and oxygen atoms in total. The molecule has 0 heterocycles. The molecular formula is C24H34O3. The molecule has 4 aliphatic carbocycles. The highest BCUT2D eigenvalue weighted by Crippen LogP contribution is 2.74. The normalized spacial score (nSPS) is 54.0. The van der Waals surface area contributed by atoms with Gasteiger partial charge in [0.05, 0.1) is 6.10 Å². The number of allylic oxidation sites excluding steroid dienone is 4. The van der Waals surface area contributed by atoms with Crippen molar-refractivity contribution in [2.75, 3.05) is 0 Å². The second-order valence-electron chi connectivity index (χ2n) is 10.7. The van der Waals surface area contributed by atoms with Crippen LogP contribution >= 0.6 is 0 Å². The number of hydrogen-bond donors (Lipinski definition) is 1. The van der Waals surface area contributed by atoms with Crippen LogP contribution in [0.1, 0.15) is 67.2 Å². The Morgan fingerprint density at radius 1 is 1.19 bits per heavy atom. The van der Waals surface area contributed by atoms with Crippen LogP contribution < -0.4 is 0 Å². The molecule has 0 spiro atoms. The largest absolute Gasteiger partial charge is 0.392 e. The molecule has 3 saturated carbocycles. The van der Waals surface area contributed by atoms with Gasteiger partial charge in [-0.05, 0) is 67.9 Å². The van der Waals surface area contributed by atoms with Crippen molar-refractivity contribution in [3.63, 3.8) is 0 Å². The SMILES string of the molecule is CC(=O)[C@@]1(C)C(C)CC2C3CCC4=CC(=O)C=CC4(C)[C@@]3(C)C(O)CC21C. The van der Waals surface area contributed by atoms with Crippen LogP contribution in [0.3, 0.4) is 0 Å². The molecule has 27 heavy (non-hydrogen) atoms. The van der Waals surface area contributed by atoms with E-state index >= 15 is 0 Å². The maximum atomic E-state index is 12.8. The second kappa shape index (κ2) is 5.43. The Bertz CT molecular complexity index is 778. The van der Waals surface area contributed by atoms with Crippen LogP contribution in [0.4, 0.5) is 0 Å². The number of fused-ring (bicyclic) bond motifs is 5. The number of aliphatic hydroxyl groups excluding tert-OH is 1. The first-order chi connectivity index (χ1) is 12.4. The molecular weight excluding hydrogens is 336 g/mol. The summed E-state index contributed by atoms with van der Waals surface area (Å²) in [6.45, 7) is 12.8. The summed E-state index contributed by atoms with van der Waals surface area (Å²) in [6, 6.07) is 0. The molecule has 4 aliphatic rings. The van der Waals surface area contributed by atoms with Crippen molar-refractivity contribution < 1.29 is 14.7 Å². The molecule has 1 N–H and O–H groups in total. The number of ketones is 2. The topological polar surface area (TPSA) is 54.4 Å². The molecule has 0 radical (unpaired) electrons. The predicted octanol–water partition coefficient (Wildman–Crippen LogP) is 4.50.